The summed E-state index contributed by atoms with van der Waals surface area (Å²) in [6.45, 7) is 2.82. The van der Waals surface area contributed by atoms with Crippen molar-refractivity contribution in [1.29, 1.82) is 0 Å². The number of unbranched alkanes of at least 4 members (excludes halogenated alkanes) is 2. The van der Waals surface area contributed by atoms with Gasteiger partial charge >= 0.3 is 0 Å². The lowest BCUT2D eigenvalue weighted by atomic mass is 10.1. The number of anilines is 2. The van der Waals surface area contributed by atoms with Gasteiger partial charge < -0.3 is 11.1 Å². The van der Waals surface area contributed by atoms with E-state index < -0.39 is 6.43 Å². The van der Waals surface area contributed by atoms with Crippen LogP contribution in [0, 0.1) is 0 Å². The standard InChI is InChI=1S/C12H18F2N2/c1-2-3-4-7-16-11-6-5-9(15)8-10(11)12(13)14/h5-6,8,12,16H,2-4,7,15H2,1H3. The Bertz CT molecular complexity index is 327. The van der Waals surface area contributed by atoms with Gasteiger partial charge in [0.15, 0.2) is 0 Å². The molecule has 0 aromatic heterocycles. The van der Waals surface area contributed by atoms with E-state index in [0.29, 0.717) is 11.4 Å². The van der Waals surface area contributed by atoms with Crippen molar-refractivity contribution >= 4 is 11.4 Å². The van der Waals surface area contributed by atoms with Crippen LogP contribution in [0.1, 0.15) is 38.2 Å². The summed E-state index contributed by atoms with van der Waals surface area (Å²) in [4.78, 5) is 0. The van der Waals surface area contributed by atoms with Crippen molar-refractivity contribution in [3.8, 4) is 0 Å². The Morgan fingerprint density at radius 3 is 2.69 bits per heavy atom. The molecule has 4 heteroatoms. The van der Waals surface area contributed by atoms with Crippen molar-refractivity contribution in [1.82, 2.24) is 0 Å². The van der Waals surface area contributed by atoms with Crippen LogP contribution in [-0.2, 0) is 0 Å². The zero-order valence-electron chi connectivity index (χ0n) is 9.47. The second-order valence-electron chi connectivity index (χ2n) is 3.78. The van der Waals surface area contributed by atoms with E-state index in [9.17, 15) is 8.78 Å². The van der Waals surface area contributed by atoms with Crippen LogP contribution >= 0.6 is 0 Å². The van der Waals surface area contributed by atoms with Crippen LogP contribution < -0.4 is 11.1 Å². The third-order valence-electron chi connectivity index (χ3n) is 2.41. The second kappa shape index (κ2) is 6.30. The molecule has 1 aromatic rings. The van der Waals surface area contributed by atoms with Gasteiger partial charge in [0.1, 0.15) is 0 Å². The highest BCUT2D eigenvalue weighted by atomic mass is 19.3. The predicted octanol–water partition coefficient (Wildman–Crippen LogP) is 3.81. The maximum absolute atomic E-state index is 12.7. The van der Waals surface area contributed by atoms with Gasteiger partial charge in [0.2, 0.25) is 0 Å². The first-order valence-electron chi connectivity index (χ1n) is 5.56. The molecular weight excluding hydrogens is 210 g/mol. The van der Waals surface area contributed by atoms with Gasteiger partial charge in [0, 0.05) is 23.5 Å². The van der Waals surface area contributed by atoms with Crippen molar-refractivity contribution in [2.45, 2.75) is 32.6 Å². The zero-order chi connectivity index (χ0) is 12.0. The van der Waals surface area contributed by atoms with Crippen LogP contribution in [0.3, 0.4) is 0 Å². The number of rotatable bonds is 6. The monoisotopic (exact) mass is 228 g/mol. The Morgan fingerprint density at radius 2 is 2.06 bits per heavy atom. The van der Waals surface area contributed by atoms with Crippen LogP contribution in [0.4, 0.5) is 20.2 Å². The average Bonchev–Trinajstić information content (AvgIpc) is 2.26. The first-order valence-corrected chi connectivity index (χ1v) is 5.56. The van der Waals surface area contributed by atoms with Crippen LogP contribution in [0.15, 0.2) is 18.2 Å². The van der Waals surface area contributed by atoms with E-state index in [4.69, 9.17) is 5.73 Å². The maximum Gasteiger partial charge on any atom is 0.265 e. The Kier molecular flexibility index (Phi) is 5.02. The summed E-state index contributed by atoms with van der Waals surface area (Å²) in [6.07, 6.45) is 0.720. The van der Waals surface area contributed by atoms with Crippen LogP contribution in [-0.4, -0.2) is 6.54 Å². The molecule has 16 heavy (non-hydrogen) atoms. The molecule has 0 amide bonds. The lowest BCUT2D eigenvalue weighted by molar-refractivity contribution is 0.152. The predicted molar refractivity (Wildman–Crippen MR) is 63.8 cm³/mol. The Hall–Kier alpha value is -1.32. The van der Waals surface area contributed by atoms with Gasteiger partial charge in [-0.25, -0.2) is 8.78 Å². The number of nitrogens with one attached hydrogen (secondary N) is 1. The number of hydrogen-bond donors (Lipinski definition) is 2. The van der Waals surface area contributed by atoms with Gasteiger partial charge in [-0.2, -0.15) is 0 Å². The van der Waals surface area contributed by atoms with Crippen molar-refractivity contribution in [2.75, 3.05) is 17.6 Å². The van der Waals surface area contributed by atoms with Gasteiger partial charge in [-0.1, -0.05) is 19.8 Å². The molecule has 0 fully saturated rings. The van der Waals surface area contributed by atoms with Crippen LogP contribution in [0.2, 0.25) is 0 Å². The lowest BCUT2D eigenvalue weighted by Crippen LogP contribution is -2.05. The molecule has 2 nitrogen and oxygen atoms in total. The number of hydrogen-bond acceptors (Lipinski definition) is 2. The highest BCUT2D eigenvalue weighted by Gasteiger charge is 2.12. The topological polar surface area (TPSA) is 38.0 Å². The first kappa shape index (κ1) is 12.7. The fourth-order valence-electron chi connectivity index (χ4n) is 1.52. The van der Waals surface area contributed by atoms with Crippen molar-refractivity contribution in [2.24, 2.45) is 0 Å². The highest BCUT2D eigenvalue weighted by Crippen LogP contribution is 2.28. The van der Waals surface area contributed by atoms with Gasteiger partial charge in [-0.3, -0.25) is 0 Å². The fraction of sp³-hybridized carbons (Fsp3) is 0.500. The van der Waals surface area contributed by atoms with Crippen LogP contribution in [0.25, 0.3) is 0 Å². The molecule has 0 heterocycles. The molecule has 0 spiro atoms. The van der Waals surface area contributed by atoms with Gasteiger partial charge in [-0.05, 0) is 24.6 Å². The maximum atomic E-state index is 12.7. The molecule has 1 aromatic carbocycles. The lowest BCUT2D eigenvalue weighted by Gasteiger charge is -2.12. The third-order valence-corrected chi connectivity index (χ3v) is 2.41. The second-order valence-corrected chi connectivity index (χ2v) is 3.78. The summed E-state index contributed by atoms with van der Waals surface area (Å²) in [6, 6.07) is 4.57. The molecule has 0 atom stereocenters. The normalized spacial score (nSPS) is 10.8. The molecule has 0 radical (unpaired) electrons. The van der Waals surface area contributed by atoms with E-state index in [2.05, 4.69) is 12.2 Å². The molecule has 3 N–H and O–H groups in total. The summed E-state index contributed by atoms with van der Waals surface area (Å²) >= 11 is 0. The summed E-state index contributed by atoms with van der Waals surface area (Å²) in [5.41, 5.74) is 6.32. The number of nitrogen functional groups attached to an aromatic ring is 1. The molecule has 0 saturated carbocycles. The minimum atomic E-state index is -2.49. The minimum Gasteiger partial charge on any atom is -0.399 e. The van der Waals surface area contributed by atoms with E-state index in [0.717, 1.165) is 25.8 Å². The molecule has 0 unspecified atom stereocenters. The van der Waals surface area contributed by atoms with E-state index in [1.807, 2.05) is 0 Å². The fourth-order valence-corrected chi connectivity index (χ4v) is 1.52. The van der Waals surface area contributed by atoms with Crippen molar-refractivity contribution in [3.63, 3.8) is 0 Å². The number of benzene rings is 1. The summed E-state index contributed by atoms with van der Waals surface area (Å²) in [7, 11) is 0. The zero-order valence-corrected chi connectivity index (χ0v) is 9.47. The average molecular weight is 228 g/mol. The summed E-state index contributed by atoms with van der Waals surface area (Å²) in [5.74, 6) is 0. The Labute approximate surface area is 94.8 Å². The van der Waals surface area contributed by atoms with Gasteiger partial charge in [-0.15, -0.1) is 0 Å². The quantitative estimate of drug-likeness (QED) is 0.574. The van der Waals surface area contributed by atoms with E-state index in [1.165, 1.54) is 6.07 Å². The molecule has 0 aliphatic rings. The molecular formula is C12H18F2N2. The van der Waals surface area contributed by atoms with Crippen LogP contribution in [0.5, 0.6) is 0 Å². The van der Waals surface area contributed by atoms with E-state index >= 15 is 0 Å². The summed E-state index contributed by atoms with van der Waals surface area (Å²) in [5, 5.41) is 3.02. The SMILES string of the molecule is CCCCCNc1ccc(N)cc1C(F)F. The molecule has 0 bridgehead atoms. The molecule has 0 saturated heterocycles. The molecule has 0 aliphatic heterocycles. The van der Waals surface area contributed by atoms with Gasteiger partial charge in [0.05, 0.1) is 0 Å². The van der Waals surface area contributed by atoms with Crippen molar-refractivity contribution in [3.05, 3.63) is 23.8 Å². The Balaban J connectivity index is 2.64. The highest BCUT2D eigenvalue weighted by molar-refractivity contribution is 5.58. The number of alkyl halides is 2. The third kappa shape index (κ3) is 3.68. The minimum absolute atomic E-state index is 0.0171. The van der Waals surface area contributed by atoms with Crippen molar-refractivity contribution < 1.29 is 8.78 Å². The molecule has 90 valence electrons. The van der Waals surface area contributed by atoms with E-state index in [1.54, 1.807) is 12.1 Å². The number of halogens is 2. The van der Waals surface area contributed by atoms with Gasteiger partial charge in [0.25, 0.3) is 6.43 Å². The Morgan fingerprint density at radius 1 is 1.31 bits per heavy atom. The molecule has 0 aliphatic carbocycles. The molecule has 1 rings (SSSR count). The van der Waals surface area contributed by atoms with E-state index in [-0.39, 0.29) is 5.56 Å². The smallest absolute Gasteiger partial charge is 0.265 e. The number of nitrogens with two attached hydrogens (primary N) is 1. The first-order chi connectivity index (χ1) is 7.65. The largest absolute Gasteiger partial charge is 0.399 e. The summed E-state index contributed by atoms with van der Waals surface area (Å²) < 4.78 is 25.4.